The second-order valence-corrected chi connectivity index (χ2v) is 7.99. The van der Waals surface area contributed by atoms with Crippen LogP contribution in [0, 0.1) is 11.3 Å². The third-order valence-corrected chi connectivity index (χ3v) is 6.40. The van der Waals surface area contributed by atoms with Gasteiger partial charge in [0.2, 0.25) is 5.91 Å². The van der Waals surface area contributed by atoms with Gasteiger partial charge in [-0.25, -0.2) is 0 Å². The molecule has 3 rings (SSSR count). The summed E-state index contributed by atoms with van der Waals surface area (Å²) in [6.45, 7) is 2.12. The Balaban J connectivity index is 1.64. The lowest BCUT2D eigenvalue weighted by atomic mass is 10.2. The summed E-state index contributed by atoms with van der Waals surface area (Å²) in [4.78, 5) is 13.4. The van der Waals surface area contributed by atoms with Crippen molar-refractivity contribution >= 4 is 45.3 Å². The van der Waals surface area contributed by atoms with Crippen molar-refractivity contribution in [2.75, 3.05) is 11.1 Å². The fourth-order valence-electron chi connectivity index (χ4n) is 2.16. The topological polar surface area (TPSA) is 83.6 Å². The van der Waals surface area contributed by atoms with Gasteiger partial charge in [-0.1, -0.05) is 18.7 Å². The number of anilines is 1. The van der Waals surface area contributed by atoms with Crippen molar-refractivity contribution in [2.45, 2.75) is 18.5 Å². The fraction of sp³-hybridized carbons (Fsp3) is 0.250. The summed E-state index contributed by atoms with van der Waals surface area (Å²) in [6.07, 6.45) is 0.998. The molecule has 0 aromatic carbocycles. The summed E-state index contributed by atoms with van der Waals surface area (Å²) < 4.78 is 1.89. The third kappa shape index (κ3) is 3.92. The number of nitrogens with one attached hydrogen (secondary N) is 1. The summed E-state index contributed by atoms with van der Waals surface area (Å²) in [5.41, 5.74) is 1.53. The molecule has 0 atom stereocenters. The van der Waals surface area contributed by atoms with Crippen molar-refractivity contribution in [1.29, 1.82) is 5.26 Å². The number of aromatic nitrogens is 3. The minimum Gasteiger partial charge on any atom is -0.316 e. The lowest BCUT2D eigenvalue weighted by molar-refractivity contribution is -0.113. The number of amides is 1. The standard InChI is InChI=1S/C16H15N5OS3/c1-3-12-6-11(8-24-12)14-19-20-16(21(14)2)25-9-13(22)18-15-10(7-17)4-5-23-15/h4-6,8H,3,9H2,1-2H3,(H,18,22). The molecule has 0 radical (unpaired) electrons. The maximum Gasteiger partial charge on any atom is 0.235 e. The molecule has 0 aliphatic rings. The van der Waals surface area contributed by atoms with Gasteiger partial charge in [0.05, 0.1) is 11.3 Å². The number of hydrogen-bond donors (Lipinski definition) is 1. The van der Waals surface area contributed by atoms with Gasteiger partial charge in [-0.15, -0.1) is 32.9 Å². The Morgan fingerprint density at radius 3 is 3.00 bits per heavy atom. The normalized spacial score (nSPS) is 10.6. The van der Waals surface area contributed by atoms with E-state index in [-0.39, 0.29) is 11.7 Å². The first-order valence-electron chi connectivity index (χ1n) is 7.49. The van der Waals surface area contributed by atoms with E-state index in [1.54, 1.807) is 22.8 Å². The highest BCUT2D eigenvalue weighted by molar-refractivity contribution is 7.99. The van der Waals surface area contributed by atoms with Crippen LogP contribution in [0.5, 0.6) is 0 Å². The van der Waals surface area contributed by atoms with E-state index in [0.29, 0.717) is 15.7 Å². The van der Waals surface area contributed by atoms with E-state index in [9.17, 15) is 4.79 Å². The zero-order chi connectivity index (χ0) is 17.8. The molecule has 25 heavy (non-hydrogen) atoms. The first kappa shape index (κ1) is 17.7. The smallest absolute Gasteiger partial charge is 0.235 e. The number of aryl methyl sites for hydroxylation is 1. The lowest BCUT2D eigenvalue weighted by Crippen LogP contribution is -2.14. The van der Waals surface area contributed by atoms with Gasteiger partial charge < -0.3 is 9.88 Å². The highest BCUT2D eigenvalue weighted by Gasteiger charge is 2.15. The fourth-order valence-corrected chi connectivity index (χ4v) is 4.44. The van der Waals surface area contributed by atoms with Gasteiger partial charge >= 0.3 is 0 Å². The van der Waals surface area contributed by atoms with E-state index in [1.807, 2.05) is 11.6 Å². The average molecular weight is 390 g/mol. The van der Waals surface area contributed by atoms with Gasteiger partial charge in [-0.05, 0) is 23.9 Å². The second kappa shape index (κ2) is 7.82. The van der Waals surface area contributed by atoms with Crippen molar-refractivity contribution in [3.63, 3.8) is 0 Å². The van der Waals surface area contributed by atoms with E-state index in [2.05, 4.69) is 40.0 Å². The Morgan fingerprint density at radius 2 is 2.28 bits per heavy atom. The Hall–Kier alpha value is -2.15. The lowest BCUT2D eigenvalue weighted by Gasteiger charge is -2.04. The van der Waals surface area contributed by atoms with Crippen LogP contribution in [0.15, 0.2) is 28.0 Å². The van der Waals surface area contributed by atoms with Crippen LogP contribution >= 0.6 is 34.4 Å². The third-order valence-electron chi connectivity index (χ3n) is 3.47. The van der Waals surface area contributed by atoms with Crippen LogP contribution in [0.3, 0.4) is 0 Å². The summed E-state index contributed by atoms with van der Waals surface area (Å²) in [5.74, 6) is 0.833. The predicted molar refractivity (Wildman–Crippen MR) is 102 cm³/mol. The number of carbonyl (C=O) groups is 1. The van der Waals surface area contributed by atoms with Gasteiger partial charge in [-0.3, -0.25) is 4.79 Å². The zero-order valence-electron chi connectivity index (χ0n) is 13.6. The molecule has 0 aliphatic heterocycles. The predicted octanol–water partition coefficient (Wildman–Crippen LogP) is 3.77. The summed E-state index contributed by atoms with van der Waals surface area (Å²) in [5, 5.41) is 25.3. The molecule has 0 saturated carbocycles. The number of thioether (sulfide) groups is 1. The Kier molecular flexibility index (Phi) is 5.53. The highest BCUT2D eigenvalue weighted by Crippen LogP contribution is 2.27. The molecule has 3 heterocycles. The SMILES string of the molecule is CCc1cc(-c2nnc(SCC(=O)Nc3sccc3C#N)n2C)cs1. The quantitative estimate of drug-likeness (QED) is 0.649. The number of nitrogens with zero attached hydrogens (tertiary/aromatic N) is 4. The number of nitriles is 1. The summed E-state index contributed by atoms with van der Waals surface area (Å²) in [6, 6.07) is 5.86. The van der Waals surface area contributed by atoms with Crippen LogP contribution in [0.1, 0.15) is 17.4 Å². The minimum absolute atomic E-state index is 0.169. The van der Waals surface area contributed by atoms with E-state index in [0.717, 1.165) is 17.8 Å². The highest BCUT2D eigenvalue weighted by atomic mass is 32.2. The Morgan fingerprint density at radius 1 is 1.44 bits per heavy atom. The summed E-state index contributed by atoms with van der Waals surface area (Å²) >= 11 is 4.37. The molecule has 9 heteroatoms. The van der Waals surface area contributed by atoms with Gasteiger partial charge in [0.25, 0.3) is 0 Å². The minimum atomic E-state index is -0.169. The number of thiophene rings is 2. The Labute approximate surface area is 157 Å². The molecule has 3 aromatic rings. The van der Waals surface area contributed by atoms with Crippen molar-refractivity contribution in [3.8, 4) is 17.5 Å². The first-order valence-corrected chi connectivity index (χ1v) is 10.2. The average Bonchev–Trinajstić information content (AvgIpc) is 3.32. The molecule has 0 unspecified atom stereocenters. The monoisotopic (exact) mass is 389 g/mol. The van der Waals surface area contributed by atoms with Crippen molar-refractivity contribution < 1.29 is 4.79 Å². The molecule has 0 bridgehead atoms. The van der Waals surface area contributed by atoms with E-state index >= 15 is 0 Å². The number of hydrogen-bond acceptors (Lipinski definition) is 7. The van der Waals surface area contributed by atoms with Crippen molar-refractivity contribution in [2.24, 2.45) is 7.05 Å². The second-order valence-electron chi connectivity index (χ2n) is 5.13. The maximum atomic E-state index is 12.1. The van der Waals surface area contributed by atoms with Gasteiger partial charge in [0, 0.05) is 22.9 Å². The van der Waals surface area contributed by atoms with Crippen molar-refractivity contribution in [3.05, 3.63) is 33.3 Å². The zero-order valence-corrected chi connectivity index (χ0v) is 16.1. The van der Waals surface area contributed by atoms with Crippen LogP contribution < -0.4 is 5.32 Å². The van der Waals surface area contributed by atoms with Crippen molar-refractivity contribution in [1.82, 2.24) is 14.8 Å². The molecule has 1 amide bonds. The molecule has 0 saturated heterocycles. The van der Waals surface area contributed by atoms with E-state index in [4.69, 9.17) is 5.26 Å². The molecule has 1 N–H and O–H groups in total. The van der Waals surface area contributed by atoms with Crippen LogP contribution in [0.2, 0.25) is 0 Å². The van der Waals surface area contributed by atoms with Crippen LogP contribution in [0.25, 0.3) is 11.4 Å². The van der Waals surface area contributed by atoms with E-state index < -0.39 is 0 Å². The van der Waals surface area contributed by atoms with Gasteiger partial charge in [0.15, 0.2) is 11.0 Å². The molecular formula is C16H15N5OS3. The molecule has 0 spiro atoms. The molecule has 0 fully saturated rings. The van der Waals surface area contributed by atoms with E-state index in [1.165, 1.54) is 28.0 Å². The van der Waals surface area contributed by atoms with Crippen LogP contribution in [-0.4, -0.2) is 26.4 Å². The largest absolute Gasteiger partial charge is 0.316 e. The molecule has 128 valence electrons. The Bertz CT molecular complexity index is 934. The number of rotatable bonds is 6. The molecule has 0 aliphatic carbocycles. The molecule has 6 nitrogen and oxygen atoms in total. The first-order chi connectivity index (χ1) is 12.1. The van der Waals surface area contributed by atoms with Crippen LogP contribution in [0.4, 0.5) is 5.00 Å². The van der Waals surface area contributed by atoms with Gasteiger partial charge in [0.1, 0.15) is 11.1 Å². The van der Waals surface area contributed by atoms with Gasteiger partial charge in [-0.2, -0.15) is 5.26 Å². The van der Waals surface area contributed by atoms with Crippen LogP contribution in [-0.2, 0) is 18.3 Å². The summed E-state index contributed by atoms with van der Waals surface area (Å²) in [7, 11) is 1.89. The molecule has 3 aromatic heterocycles. The maximum absolute atomic E-state index is 12.1. The molecular weight excluding hydrogens is 374 g/mol. The number of carbonyl (C=O) groups excluding carboxylic acids is 1.